The van der Waals surface area contributed by atoms with Crippen molar-refractivity contribution < 1.29 is 14.3 Å². The van der Waals surface area contributed by atoms with Gasteiger partial charge in [-0.1, -0.05) is 49.1 Å². The first-order chi connectivity index (χ1) is 18.9. The summed E-state index contributed by atoms with van der Waals surface area (Å²) in [6, 6.07) is 8.53. The van der Waals surface area contributed by atoms with Crippen molar-refractivity contribution in [3.63, 3.8) is 0 Å². The van der Waals surface area contributed by atoms with E-state index in [0.717, 1.165) is 38.5 Å². The molecule has 2 aliphatic rings. The Kier molecular flexibility index (Phi) is 6.50. The SMILES string of the molecule is N=C(NC(=O)O)c1nc(-c2cncc(Cl)c2)c2c(n1)nc(C1(c3ccccc3F)CC1)n2CC1CCCCC1. The van der Waals surface area contributed by atoms with E-state index in [4.69, 9.17) is 22.0 Å². The van der Waals surface area contributed by atoms with Crippen LogP contribution in [0.15, 0.2) is 42.7 Å². The van der Waals surface area contributed by atoms with Gasteiger partial charge in [-0.25, -0.2) is 24.1 Å². The summed E-state index contributed by atoms with van der Waals surface area (Å²) in [5.74, 6) is 0.269. The van der Waals surface area contributed by atoms with Crippen LogP contribution in [-0.2, 0) is 12.0 Å². The van der Waals surface area contributed by atoms with E-state index in [2.05, 4.69) is 19.5 Å². The third-order valence-electron chi connectivity index (χ3n) is 7.77. The van der Waals surface area contributed by atoms with Crippen LogP contribution in [0.25, 0.3) is 22.4 Å². The zero-order chi connectivity index (χ0) is 27.1. The average Bonchev–Trinajstić information content (AvgIpc) is 3.64. The number of imidazole rings is 1. The lowest BCUT2D eigenvalue weighted by Gasteiger charge is -2.25. The first-order valence-electron chi connectivity index (χ1n) is 13.1. The maximum absolute atomic E-state index is 15.2. The minimum atomic E-state index is -1.39. The molecule has 0 radical (unpaired) electrons. The Labute approximate surface area is 229 Å². The predicted molar refractivity (Wildman–Crippen MR) is 145 cm³/mol. The van der Waals surface area contributed by atoms with Gasteiger partial charge in [0, 0.05) is 30.1 Å². The number of amides is 1. The fourth-order valence-electron chi connectivity index (χ4n) is 5.81. The number of pyridine rings is 1. The van der Waals surface area contributed by atoms with Crippen LogP contribution in [-0.4, -0.2) is 41.5 Å². The molecule has 6 rings (SSSR count). The number of hydrogen-bond donors (Lipinski definition) is 3. The van der Waals surface area contributed by atoms with Crippen LogP contribution in [0, 0.1) is 17.1 Å². The third-order valence-corrected chi connectivity index (χ3v) is 7.98. The predicted octanol–water partition coefficient (Wildman–Crippen LogP) is 5.93. The third kappa shape index (κ3) is 4.73. The van der Waals surface area contributed by atoms with Crippen molar-refractivity contribution in [2.45, 2.75) is 56.9 Å². The molecule has 2 aliphatic carbocycles. The number of carboxylic acid groups (broad SMARTS) is 1. The molecular weight excluding hydrogens is 521 g/mol. The zero-order valence-electron chi connectivity index (χ0n) is 21.1. The molecule has 0 atom stereocenters. The highest BCUT2D eigenvalue weighted by Gasteiger charge is 2.51. The molecule has 3 N–H and O–H groups in total. The molecule has 0 unspecified atom stereocenters. The van der Waals surface area contributed by atoms with Gasteiger partial charge in [0.2, 0.25) is 0 Å². The lowest BCUT2D eigenvalue weighted by atomic mass is 9.88. The Bertz CT molecular complexity index is 1590. The molecule has 0 saturated heterocycles. The number of nitrogens with one attached hydrogen (secondary N) is 2. The van der Waals surface area contributed by atoms with Gasteiger partial charge < -0.3 is 9.67 Å². The van der Waals surface area contributed by atoms with Gasteiger partial charge in [0.15, 0.2) is 17.3 Å². The van der Waals surface area contributed by atoms with Crippen LogP contribution < -0.4 is 5.32 Å². The van der Waals surface area contributed by atoms with E-state index in [9.17, 15) is 9.90 Å². The van der Waals surface area contributed by atoms with Crippen molar-refractivity contribution in [1.29, 1.82) is 5.41 Å². The molecule has 0 aliphatic heterocycles. The molecule has 2 fully saturated rings. The highest BCUT2D eigenvalue weighted by atomic mass is 35.5. The van der Waals surface area contributed by atoms with Gasteiger partial charge in [0.25, 0.3) is 0 Å². The normalized spacial score (nSPS) is 16.8. The molecule has 4 aromatic rings. The average molecular weight is 548 g/mol. The second-order valence-electron chi connectivity index (χ2n) is 10.4. The maximum atomic E-state index is 15.2. The molecule has 3 aromatic heterocycles. The molecule has 11 heteroatoms. The summed E-state index contributed by atoms with van der Waals surface area (Å²) >= 11 is 6.30. The van der Waals surface area contributed by atoms with Gasteiger partial charge in [-0.15, -0.1) is 0 Å². The Morgan fingerprint density at radius 2 is 1.92 bits per heavy atom. The summed E-state index contributed by atoms with van der Waals surface area (Å²) in [6.07, 6.45) is 8.95. The number of aromatic nitrogens is 5. The largest absolute Gasteiger partial charge is 0.465 e. The number of halogens is 2. The van der Waals surface area contributed by atoms with Gasteiger partial charge in [0.05, 0.1) is 10.4 Å². The highest BCUT2D eigenvalue weighted by Crippen LogP contribution is 2.54. The van der Waals surface area contributed by atoms with Crippen LogP contribution in [0.1, 0.15) is 62.2 Å². The Morgan fingerprint density at radius 3 is 2.62 bits per heavy atom. The van der Waals surface area contributed by atoms with Crippen LogP contribution >= 0.6 is 11.6 Å². The summed E-state index contributed by atoms with van der Waals surface area (Å²) in [4.78, 5) is 29.6. The topological polar surface area (TPSA) is 130 Å². The fourth-order valence-corrected chi connectivity index (χ4v) is 5.99. The van der Waals surface area contributed by atoms with Gasteiger partial charge in [-0.3, -0.25) is 15.7 Å². The van der Waals surface area contributed by atoms with E-state index in [-0.39, 0.29) is 11.6 Å². The number of nitrogens with zero attached hydrogens (tertiary/aromatic N) is 5. The minimum absolute atomic E-state index is 0.121. The van der Waals surface area contributed by atoms with Crippen LogP contribution in [0.5, 0.6) is 0 Å². The van der Waals surface area contributed by atoms with E-state index in [1.165, 1.54) is 18.7 Å². The molecule has 39 heavy (non-hydrogen) atoms. The first kappa shape index (κ1) is 25.4. The number of carbonyl (C=O) groups is 1. The standard InChI is InChI=1S/C28H27ClFN7O2/c29-18-12-17(13-32-14-18)21-22-24(35-25(33-21)23(31)34-27(38)39)36-26(37(22)15-16-6-2-1-3-7-16)28(10-11-28)19-8-4-5-9-20(19)30/h4-5,8-9,12-14,16H,1-3,6-7,10-11,15H2,(H2,31,34)(H,38,39). The summed E-state index contributed by atoms with van der Waals surface area (Å²) in [7, 11) is 0. The number of hydrogen-bond acceptors (Lipinski definition) is 6. The van der Waals surface area contributed by atoms with Crippen LogP contribution in [0.4, 0.5) is 9.18 Å². The van der Waals surface area contributed by atoms with E-state index >= 15 is 4.39 Å². The lowest BCUT2D eigenvalue weighted by Crippen LogP contribution is -2.30. The van der Waals surface area contributed by atoms with Crippen molar-refractivity contribution >= 4 is 34.7 Å². The molecule has 200 valence electrons. The smallest absolute Gasteiger partial charge is 0.410 e. The van der Waals surface area contributed by atoms with Crippen LogP contribution in [0.2, 0.25) is 5.02 Å². The second-order valence-corrected chi connectivity index (χ2v) is 10.8. The number of fused-ring (bicyclic) bond motifs is 1. The molecule has 2 saturated carbocycles. The monoisotopic (exact) mass is 547 g/mol. The summed E-state index contributed by atoms with van der Waals surface area (Å²) in [5.41, 5.74) is 2.00. The maximum Gasteiger partial charge on any atom is 0.410 e. The lowest BCUT2D eigenvalue weighted by molar-refractivity contribution is 0.200. The quantitative estimate of drug-likeness (QED) is 0.202. The van der Waals surface area contributed by atoms with Crippen molar-refractivity contribution in [1.82, 2.24) is 29.8 Å². The first-order valence-corrected chi connectivity index (χ1v) is 13.5. The fraction of sp³-hybridized carbons (Fsp3) is 0.357. The number of rotatable bonds is 6. The molecule has 0 bridgehead atoms. The van der Waals surface area contributed by atoms with Crippen molar-refractivity contribution in [3.05, 3.63) is 70.8 Å². The van der Waals surface area contributed by atoms with Crippen LogP contribution in [0.3, 0.4) is 0 Å². The van der Waals surface area contributed by atoms with Gasteiger partial charge in [-0.05, 0) is 43.7 Å². The second kappa shape index (κ2) is 10.00. The van der Waals surface area contributed by atoms with Gasteiger partial charge >= 0.3 is 6.09 Å². The molecule has 1 aromatic carbocycles. The molecular formula is C28H27ClFN7O2. The van der Waals surface area contributed by atoms with Crippen molar-refractivity contribution in [2.75, 3.05) is 0 Å². The molecule has 1 amide bonds. The summed E-state index contributed by atoms with van der Waals surface area (Å²) in [5, 5.41) is 19.9. The van der Waals surface area contributed by atoms with Gasteiger partial charge in [-0.2, -0.15) is 0 Å². The van der Waals surface area contributed by atoms with Crippen molar-refractivity contribution in [2.24, 2.45) is 5.92 Å². The Hall–Kier alpha value is -3.92. The minimum Gasteiger partial charge on any atom is -0.465 e. The Balaban J connectivity index is 1.62. The molecule has 9 nitrogen and oxygen atoms in total. The molecule has 3 heterocycles. The van der Waals surface area contributed by atoms with E-state index in [0.29, 0.717) is 51.3 Å². The zero-order valence-corrected chi connectivity index (χ0v) is 21.9. The van der Waals surface area contributed by atoms with E-state index < -0.39 is 17.3 Å². The summed E-state index contributed by atoms with van der Waals surface area (Å²) in [6.45, 7) is 0.677. The number of benzene rings is 1. The number of amidine groups is 1. The highest BCUT2D eigenvalue weighted by molar-refractivity contribution is 6.30. The summed E-state index contributed by atoms with van der Waals surface area (Å²) < 4.78 is 17.3. The van der Waals surface area contributed by atoms with E-state index in [1.54, 1.807) is 18.3 Å². The van der Waals surface area contributed by atoms with Crippen molar-refractivity contribution in [3.8, 4) is 11.3 Å². The Morgan fingerprint density at radius 1 is 1.15 bits per heavy atom. The van der Waals surface area contributed by atoms with E-state index in [1.807, 2.05) is 17.4 Å². The molecule has 0 spiro atoms. The van der Waals surface area contributed by atoms with Gasteiger partial charge in [0.1, 0.15) is 22.9 Å².